The van der Waals surface area contributed by atoms with Gasteiger partial charge < -0.3 is 0 Å². The van der Waals surface area contributed by atoms with Crippen molar-refractivity contribution in [3.05, 3.63) is 22.4 Å². The van der Waals surface area contributed by atoms with Crippen molar-refractivity contribution in [1.29, 1.82) is 0 Å². The Labute approximate surface area is 101 Å². The van der Waals surface area contributed by atoms with Gasteiger partial charge in [-0.05, 0) is 65.8 Å². The predicted molar refractivity (Wildman–Crippen MR) is 68.1 cm³/mol. The molecule has 2 aliphatic rings. The second-order valence-corrected chi connectivity index (χ2v) is 6.06. The third-order valence-electron chi connectivity index (χ3n) is 4.48. The molecular weight excluding hydrogens is 216 g/mol. The molecule has 1 aromatic rings. The fraction of sp³-hybridized carbons (Fsp3) is 0.692. The molecule has 3 N–H and O–H groups in total. The van der Waals surface area contributed by atoms with Crippen LogP contribution in [0.15, 0.2) is 16.8 Å². The molecule has 2 fully saturated rings. The topological polar surface area (TPSA) is 38.0 Å². The molecule has 1 aromatic heterocycles. The Morgan fingerprint density at radius 2 is 2.25 bits per heavy atom. The van der Waals surface area contributed by atoms with Gasteiger partial charge >= 0.3 is 0 Å². The fourth-order valence-corrected chi connectivity index (χ4v) is 4.32. The van der Waals surface area contributed by atoms with Crippen molar-refractivity contribution in [1.82, 2.24) is 5.43 Å². The maximum atomic E-state index is 5.71. The van der Waals surface area contributed by atoms with Gasteiger partial charge in [0.2, 0.25) is 0 Å². The normalized spacial score (nSPS) is 33.7. The first-order chi connectivity index (χ1) is 7.90. The van der Waals surface area contributed by atoms with Crippen molar-refractivity contribution in [3.8, 4) is 0 Å². The average Bonchev–Trinajstić information content (AvgIpc) is 2.79. The molecule has 2 saturated carbocycles. The molecule has 3 rings (SSSR count). The number of thiophene rings is 1. The molecule has 16 heavy (non-hydrogen) atoms. The summed E-state index contributed by atoms with van der Waals surface area (Å²) in [6, 6.07) is 2.78. The number of fused-ring (bicyclic) bond motifs is 1. The second kappa shape index (κ2) is 4.47. The van der Waals surface area contributed by atoms with E-state index < -0.39 is 0 Å². The summed E-state index contributed by atoms with van der Waals surface area (Å²) >= 11 is 1.79. The minimum absolute atomic E-state index is 0.551. The first-order valence-electron chi connectivity index (χ1n) is 6.37. The van der Waals surface area contributed by atoms with Crippen molar-refractivity contribution >= 4 is 11.3 Å². The van der Waals surface area contributed by atoms with Gasteiger partial charge in [0.15, 0.2) is 0 Å². The molecule has 0 aromatic carbocycles. The van der Waals surface area contributed by atoms with Crippen LogP contribution in [0.1, 0.15) is 31.2 Å². The van der Waals surface area contributed by atoms with E-state index in [1.807, 2.05) is 0 Å². The van der Waals surface area contributed by atoms with Gasteiger partial charge in [0.05, 0.1) is 0 Å². The van der Waals surface area contributed by atoms with E-state index >= 15 is 0 Å². The molecule has 3 atom stereocenters. The Kier molecular flexibility index (Phi) is 3.01. The molecule has 0 radical (unpaired) electrons. The fourth-order valence-electron chi connectivity index (χ4n) is 3.62. The smallest absolute Gasteiger partial charge is 0.0247 e. The van der Waals surface area contributed by atoms with Gasteiger partial charge in [-0.2, -0.15) is 11.3 Å². The summed E-state index contributed by atoms with van der Waals surface area (Å²) in [4.78, 5) is 0. The van der Waals surface area contributed by atoms with Crippen LogP contribution in [0.3, 0.4) is 0 Å². The lowest BCUT2D eigenvalue weighted by atomic mass is 9.99. The Balaban J connectivity index is 1.52. The van der Waals surface area contributed by atoms with Crippen molar-refractivity contribution in [2.45, 2.75) is 38.1 Å². The van der Waals surface area contributed by atoms with Crippen LogP contribution in [0, 0.1) is 17.8 Å². The summed E-state index contributed by atoms with van der Waals surface area (Å²) in [5.41, 5.74) is 4.53. The molecule has 88 valence electrons. The first-order valence-corrected chi connectivity index (χ1v) is 7.31. The predicted octanol–water partition coefficient (Wildman–Crippen LogP) is 2.56. The summed E-state index contributed by atoms with van der Waals surface area (Å²) in [7, 11) is 0. The van der Waals surface area contributed by atoms with Crippen molar-refractivity contribution in [2.24, 2.45) is 23.6 Å². The van der Waals surface area contributed by atoms with Crippen LogP contribution >= 0.6 is 11.3 Å². The molecule has 2 aliphatic carbocycles. The monoisotopic (exact) mass is 236 g/mol. The number of nitrogens with two attached hydrogens (primary N) is 1. The van der Waals surface area contributed by atoms with Gasteiger partial charge in [-0.25, -0.2) is 0 Å². The van der Waals surface area contributed by atoms with Crippen molar-refractivity contribution in [3.63, 3.8) is 0 Å². The molecule has 2 nitrogen and oxygen atoms in total. The van der Waals surface area contributed by atoms with E-state index in [1.54, 1.807) is 11.3 Å². The maximum absolute atomic E-state index is 5.71. The summed E-state index contributed by atoms with van der Waals surface area (Å²) < 4.78 is 0. The zero-order chi connectivity index (χ0) is 11.0. The zero-order valence-electron chi connectivity index (χ0n) is 9.56. The number of hydrazine groups is 1. The summed E-state index contributed by atoms with van der Waals surface area (Å²) in [6.07, 6.45) is 6.73. The lowest BCUT2D eigenvalue weighted by molar-refractivity contribution is 0.391. The standard InChI is InChI=1S/C13H20N2S/c14-15-12(5-4-9-6-7-16-8-9)13-10-2-1-3-11(10)13/h6-8,10-13,15H,1-5,14H2. The quantitative estimate of drug-likeness (QED) is 0.609. The largest absolute Gasteiger partial charge is 0.271 e. The third-order valence-corrected chi connectivity index (χ3v) is 5.21. The number of rotatable bonds is 5. The van der Waals surface area contributed by atoms with Crippen LogP contribution < -0.4 is 11.3 Å². The lowest BCUT2D eigenvalue weighted by Crippen LogP contribution is -2.38. The van der Waals surface area contributed by atoms with Gasteiger partial charge in [-0.15, -0.1) is 0 Å². The van der Waals surface area contributed by atoms with E-state index in [2.05, 4.69) is 22.3 Å². The molecule has 0 aliphatic heterocycles. The summed E-state index contributed by atoms with van der Waals surface area (Å²) in [5, 5.41) is 4.41. The molecular formula is C13H20N2S. The highest BCUT2D eigenvalue weighted by Gasteiger charge is 2.55. The highest BCUT2D eigenvalue weighted by Crippen LogP contribution is 2.59. The van der Waals surface area contributed by atoms with Crippen LogP contribution in [0.4, 0.5) is 0 Å². The molecule has 0 amide bonds. The van der Waals surface area contributed by atoms with E-state index in [9.17, 15) is 0 Å². The van der Waals surface area contributed by atoms with Gasteiger partial charge in [0.25, 0.3) is 0 Å². The Morgan fingerprint density at radius 3 is 2.88 bits per heavy atom. The number of nitrogens with one attached hydrogen (secondary N) is 1. The third kappa shape index (κ3) is 1.92. The van der Waals surface area contributed by atoms with Crippen LogP contribution in [0.2, 0.25) is 0 Å². The average molecular weight is 236 g/mol. The van der Waals surface area contributed by atoms with E-state index in [1.165, 1.54) is 37.7 Å². The molecule has 0 spiro atoms. The van der Waals surface area contributed by atoms with Crippen molar-refractivity contribution in [2.75, 3.05) is 0 Å². The SMILES string of the molecule is NNC(CCc1ccsc1)C1C2CCCC21. The highest BCUT2D eigenvalue weighted by atomic mass is 32.1. The van der Waals surface area contributed by atoms with Crippen LogP contribution in [-0.2, 0) is 6.42 Å². The minimum Gasteiger partial charge on any atom is -0.271 e. The maximum Gasteiger partial charge on any atom is 0.0247 e. The van der Waals surface area contributed by atoms with Gasteiger partial charge in [-0.1, -0.05) is 6.42 Å². The van der Waals surface area contributed by atoms with Crippen molar-refractivity contribution < 1.29 is 0 Å². The second-order valence-electron chi connectivity index (χ2n) is 5.28. The van der Waals surface area contributed by atoms with Gasteiger partial charge in [0, 0.05) is 6.04 Å². The molecule has 1 heterocycles. The minimum atomic E-state index is 0.551. The highest BCUT2D eigenvalue weighted by molar-refractivity contribution is 7.07. The Hall–Kier alpha value is -0.380. The molecule has 3 heteroatoms. The molecule has 0 saturated heterocycles. The van der Waals surface area contributed by atoms with E-state index in [-0.39, 0.29) is 0 Å². The van der Waals surface area contributed by atoms with Gasteiger partial charge in [-0.3, -0.25) is 11.3 Å². The van der Waals surface area contributed by atoms with Crippen LogP contribution in [0.25, 0.3) is 0 Å². The molecule has 3 unspecified atom stereocenters. The number of aryl methyl sites for hydroxylation is 1. The summed E-state index contributed by atoms with van der Waals surface area (Å²) in [5.74, 6) is 8.60. The number of hydrogen-bond donors (Lipinski definition) is 2. The summed E-state index contributed by atoms with van der Waals surface area (Å²) in [6.45, 7) is 0. The zero-order valence-corrected chi connectivity index (χ0v) is 10.4. The van der Waals surface area contributed by atoms with E-state index in [0.717, 1.165) is 17.8 Å². The molecule has 0 bridgehead atoms. The van der Waals surface area contributed by atoms with Crippen LogP contribution in [-0.4, -0.2) is 6.04 Å². The number of hydrogen-bond acceptors (Lipinski definition) is 3. The lowest BCUT2D eigenvalue weighted by Gasteiger charge is -2.17. The van der Waals surface area contributed by atoms with Crippen LogP contribution in [0.5, 0.6) is 0 Å². The van der Waals surface area contributed by atoms with E-state index in [0.29, 0.717) is 6.04 Å². The Morgan fingerprint density at radius 1 is 1.44 bits per heavy atom. The van der Waals surface area contributed by atoms with Gasteiger partial charge in [0.1, 0.15) is 0 Å². The van der Waals surface area contributed by atoms with E-state index in [4.69, 9.17) is 5.84 Å². The first kappa shape index (κ1) is 10.8. The Bertz CT molecular complexity index is 326.